The number of nitrogens with one attached hydrogen (secondary N) is 2. The quantitative estimate of drug-likeness (QED) is 0.462. The lowest BCUT2D eigenvalue weighted by Gasteiger charge is -2.02. The number of carbonyl (C=O) groups excluding carboxylic acids is 1. The van der Waals surface area contributed by atoms with Gasteiger partial charge < -0.3 is 0 Å². The van der Waals surface area contributed by atoms with Crippen LogP contribution in [-0.2, 0) is 6.54 Å². The van der Waals surface area contributed by atoms with Crippen LogP contribution < -0.4 is 21.5 Å². The number of hydrogen-bond donors (Lipinski definition) is 3. The van der Waals surface area contributed by atoms with E-state index in [1.165, 1.54) is 4.68 Å². The monoisotopic (exact) mass is 293 g/mol. The van der Waals surface area contributed by atoms with Crippen LogP contribution in [0.2, 0.25) is 5.02 Å². The molecule has 0 fully saturated rings. The molecule has 0 bridgehead atoms. The lowest BCUT2D eigenvalue weighted by Crippen LogP contribution is -2.46. The summed E-state index contributed by atoms with van der Waals surface area (Å²) in [7, 11) is 0. The summed E-state index contributed by atoms with van der Waals surface area (Å²) in [6.45, 7) is 0.204. The predicted octanol–water partition coefficient (Wildman–Crippen LogP) is -1.02. The van der Waals surface area contributed by atoms with Crippen LogP contribution in [0, 0.1) is 0 Å². The van der Waals surface area contributed by atoms with Gasteiger partial charge in [-0.3, -0.25) is 4.79 Å². The molecule has 0 saturated heterocycles. The Hall–Kier alpha value is -2.61. The maximum Gasteiger partial charge on any atom is 0.430 e. The van der Waals surface area contributed by atoms with Crippen LogP contribution in [0.4, 0.5) is 0 Å². The fourth-order valence-corrected chi connectivity index (χ4v) is 2.07. The molecular formula is C11H10ClN6O2+. The second-order valence-electron chi connectivity index (χ2n) is 4.22. The van der Waals surface area contributed by atoms with E-state index in [0.717, 1.165) is 10.4 Å². The SMILES string of the molecule is Nn1[nH][n+]2c(c1=O)C(=O)NN=C(c1ccc(Cl)cc1)C2. The Morgan fingerprint density at radius 1 is 1.30 bits per heavy atom. The smallest absolute Gasteiger partial charge is 0.263 e. The zero-order chi connectivity index (χ0) is 14.3. The number of halogens is 1. The molecule has 20 heavy (non-hydrogen) atoms. The average molecular weight is 294 g/mol. The molecule has 0 unspecified atom stereocenters. The number of benzene rings is 1. The summed E-state index contributed by atoms with van der Waals surface area (Å²) in [5.41, 5.74) is 2.96. The van der Waals surface area contributed by atoms with Gasteiger partial charge in [0.05, 0.1) is 0 Å². The molecule has 4 N–H and O–H groups in total. The molecule has 8 nitrogen and oxygen atoms in total. The van der Waals surface area contributed by atoms with Crippen molar-refractivity contribution in [3.05, 3.63) is 50.9 Å². The van der Waals surface area contributed by atoms with Gasteiger partial charge >= 0.3 is 17.2 Å². The van der Waals surface area contributed by atoms with Crippen LogP contribution >= 0.6 is 11.6 Å². The standard InChI is InChI=1S/C11H9ClN6O2/c12-7-3-1-6(2-4-7)8-5-17-9(10(19)15-14-8)11(20)18(13)16-17/h1-4H,5H2,(H3-,13,15,16,19,20)/p+1. The van der Waals surface area contributed by atoms with Crippen molar-refractivity contribution < 1.29 is 9.48 Å². The fraction of sp³-hybridized carbons (Fsp3) is 0.0909. The summed E-state index contributed by atoms with van der Waals surface area (Å²) >= 11 is 5.83. The van der Waals surface area contributed by atoms with Gasteiger partial charge in [-0.2, -0.15) is 5.10 Å². The van der Waals surface area contributed by atoms with E-state index in [9.17, 15) is 9.59 Å². The third-order valence-corrected chi connectivity index (χ3v) is 3.16. The van der Waals surface area contributed by atoms with E-state index in [1.807, 2.05) is 0 Å². The minimum Gasteiger partial charge on any atom is -0.263 e. The summed E-state index contributed by atoms with van der Waals surface area (Å²) in [6.07, 6.45) is 0. The molecule has 1 amide bonds. The summed E-state index contributed by atoms with van der Waals surface area (Å²) in [5.74, 6) is 4.82. The second-order valence-corrected chi connectivity index (χ2v) is 4.65. The van der Waals surface area contributed by atoms with Gasteiger partial charge in [0.2, 0.25) is 0 Å². The minimum atomic E-state index is -0.616. The molecule has 2 heterocycles. The minimum absolute atomic E-state index is 0.0970. The van der Waals surface area contributed by atoms with Crippen LogP contribution in [-0.4, -0.2) is 21.6 Å². The van der Waals surface area contributed by atoms with Gasteiger partial charge in [-0.05, 0) is 16.9 Å². The molecule has 1 aromatic heterocycles. The highest BCUT2D eigenvalue weighted by Crippen LogP contribution is 2.11. The van der Waals surface area contributed by atoms with E-state index < -0.39 is 11.5 Å². The van der Waals surface area contributed by atoms with Crippen LogP contribution in [0.25, 0.3) is 0 Å². The topological polar surface area (TPSA) is 109 Å². The van der Waals surface area contributed by atoms with Crippen LogP contribution in [0.5, 0.6) is 0 Å². The number of H-pyrrole nitrogens is 1. The molecule has 0 aliphatic carbocycles. The Morgan fingerprint density at radius 2 is 2.00 bits per heavy atom. The number of fused-ring (bicyclic) bond motifs is 1. The normalized spacial score (nSPS) is 14.2. The molecule has 9 heteroatoms. The van der Waals surface area contributed by atoms with Crippen molar-refractivity contribution in [3.8, 4) is 0 Å². The van der Waals surface area contributed by atoms with Gasteiger partial charge in [-0.15, -0.1) is 4.68 Å². The number of nitrogens with two attached hydrogens (primary N) is 1. The molecule has 1 aromatic carbocycles. The first-order chi connectivity index (χ1) is 9.56. The Kier molecular flexibility index (Phi) is 2.79. The fourth-order valence-electron chi connectivity index (χ4n) is 1.94. The van der Waals surface area contributed by atoms with Gasteiger partial charge in [0.25, 0.3) is 0 Å². The number of nitrogens with zero attached hydrogens (tertiary/aromatic N) is 3. The van der Waals surface area contributed by atoms with Crippen molar-refractivity contribution in [1.82, 2.24) is 15.4 Å². The largest absolute Gasteiger partial charge is 0.430 e. The van der Waals surface area contributed by atoms with Crippen molar-refractivity contribution >= 4 is 23.2 Å². The molecule has 2 aromatic rings. The van der Waals surface area contributed by atoms with Gasteiger partial charge in [0.1, 0.15) is 5.71 Å². The number of aromatic nitrogens is 3. The third kappa shape index (κ3) is 1.95. The third-order valence-electron chi connectivity index (χ3n) is 2.91. The average Bonchev–Trinajstić information content (AvgIpc) is 2.60. The molecule has 0 atom stereocenters. The first-order valence-electron chi connectivity index (χ1n) is 5.69. The van der Waals surface area contributed by atoms with Gasteiger partial charge in [-0.1, -0.05) is 28.9 Å². The Bertz CT molecular complexity index is 773. The molecule has 1 aliphatic rings. The highest BCUT2D eigenvalue weighted by molar-refractivity contribution is 6.30. The first-order valence-corrected chi connectivity index (χ1v) is 6.07. The molecule has 102 valence electrons. The summed E-state index contributed by atoms with van der Waals surface area (Å²) < 4.78 is 1.35. The number of nitrogen functional groups attached to an aromatic ring is 1. The first kappa shape index (κ1) is 12.4. The maximum atomic E-state index is 11.8. The van der Waals surface area contributed by atoms with Gasteiger partial charge in [0, 0.05) is 10.6 Å². The van der Waals surface area contributed by atoms with Crippen molar-refractivity contribution in [2.24, 2.45) is 5.10 Å². The number of amides is 1. The molecule has 3 rings (SSSR count). The number of rotatable bonds is 1. The molecular weight excluding hydrogens is 284 g/mol. The van der Waals surface area contributed by atoms with Gasteiger partial charge in [-0.25, -0.2) is 16.1 Å². The van der Waals surface area contributed by atoms with E-state index in [0.29, 0.717) is 10.7 Å². The summed E-state index contributed by atoms with van der Waals surface area (Å²) in [5, 5.41) is 7.18. The van der Waals surface area contributed by atoms with Crippen LogP contribution in [0.3, 0.4) is 0 Å². The Morgan fingerprint density at radius 3 is 2.70 bits per heavy atom. The molecule has 0 saturated carbocycles. The molecule has 0 spiro atoms. The molecule has 1 aliphatic heterocycles. The number of aromatic amines is 1. The number of hydrogen-bond acceptors (Lipinski definition) is 4. The van der Waals surface area contributed by atoms with Crippen molar-refractivity contribution in [2.75, 3.05) is 5.84 Å². The van der Waals surface area contributed by atoms with E-state index >= 15 is 0 Å². The lowest BCUT2D eigenvalue weighted by molar-refractivity contribution is -0.742. The number of carbonyl (C=O) groups is 1. The Balaban J connectivity index is 2.06. The molecule has 0 radical (unpaired) electrons. The zero-order valence-electron chi connectivity index (χ0n) is 10.1. The van der Waals surface area contributed by atoms with Crippen molar-refractivity contribution in [3.63, 3.8) is 0 Å². The van der Waals surface area contributed by atoms with E-state index in [1.54, 1.807) is 24.3 Å². The van der Waals surface area contributed by atoms with Crippen molar-refractivity contribution in [1.29, 1.82) is 0 Å². The summed E-state index contributed by atoms with van der Waals surface area (Å²) in [6, 6.07) is 6.98. The van der Waals surface area contributed by atoms with Crippen LogP contribution in [0.1, 0.15) is 16.1 Å². The van der Waals surface area contributed by atoms with E-state index in [-0.39, 0.29) is 12.2 Å². The Labute approximate surface area is 117 Å². The van der Waals surface area contributed by atoms with E-state index in [2.05, 4.69) is 15.7 Å². The van der Waals surface area contributed by atoms with Crippen LogP contribution in [0.15, 0.2) is 34.2 Å². The highest BCUT2D eigenvalue weighted by Gasteiger charge is 2.30. The van der Waals surface area contributed by atoms with Gasteiger partial charge in [0.15, 0.2) is 6.54 Å². The zero-order valence-corrected chi connectivity index (χ0v) is 10.9. The second kappa shape index (κ2) is 4.49. The summed E-state index contributed by atoms with van der Waals surface area (Å²) in [4.78, 5) is 24.3. The van der Waals surface area contributed by atoms with Crippen molar-refractivity contribution in [2.45, 2.75) is 6.54 Å². The maximum absolute atomic E-state index is 11.8. The number of hydrazone groups is 1. The highest BCUT2D eigenvalue weighted by atomic mass is 35.5. The predicted molar refractivity (Wildman–Crippen MR) is 70.9 cm³/mol. The van der Waals surface area contributed by atoms with E-state index in [4.69, 9.17) is 17.4 Å². The lowest BCUT2D eigenvalue weighted by atomic mass is 10.1.